The molecule has 0 rings (SSSR count). The summed E-state index contributed by atoms with van der Waals surface area (Å²) in [6.07, 6.45) is 107. The van der Waals surface area contributed by atoms with E-state index in [4.69, 9.17) is 18.5 Å². The Morgan fingerprint density at radius 1 is 0.340 bits per heavy atom. The monoisotopic (exact) mass is 1330 g/mol. The van der Waals surface area contributed by atoms with Crippen LogP contribution in [0.3, 0.4) is 0 Å². The van der Waals surface area contributed by atoms with Gasteiger partial charge in [-0.15, -0.1) is 0 Å². The highest BCUT2D eigenvalue weighted by molar-refractivity contribution is 7.47. The van der Waals surface area contributed by atoms with Crippen molar-refractivity contribution in [3.8, 4) is 0 Å². The summed E-state index contributed by atoms with van der Waals surface area (Å²) in [6.45, 7) is 4.31. The van der Waals surface area contributed by atoms with Gasteiger partial charge in [-0.25, -0.2) is 4.57 Å². The van der Waals surface area contributed by atoms with Crippen molar-refractivity contribution in [3.05, 3.63) is 134 Å². The lowest BCUT2D eigenvalue weighted by molar-refractivity contribution is -0.870. The van der Waals surface area contributed by atoms with E-state index >= 15 is 0 Å². The van der Waals surface area contributed by atoms with E-state index in [9.17, 15) is 19.0 Å². The number of phosphoric acid groups is 1. The maximum atomic E-state index is 12.9. The molecule has 0 aliphatic carbocycles. The molecule has 540 valence electrons. The molecule has 0 aromatic heterocycles. The zero-order valence-electron chi connectivity index (χ0n) is 61.7. The minimum absolute atomic E-state index is 0.0235. The first-order valence-corrected chi connectivity index (χ1v) is 40.4. The first-order chi connectivity index (χ1) is 46.0. The Morgan fingerprint density at radius 3 is 0.904 bits per heavy atom. The normalized spacial score (nSPS) is 13.8. The van der Waals surface area contributed by atoms with Crippen LogP contribution in [-0.4, -0.2) is 74.9 Å². The largest absolute Gasteiger partial charge is 0.472 e. The fourth-order valence-electron chi connectivity index (χ4n) is 10.7. The topological polar surface area (TPSA) is 108 Å². The predicted octanol–water partition coefficient (Wildman–Crippen LogP) is 25.9. The van der Waals surface area contributed by atoms with Gasteiger partial charge in [-0.3, -0.25) is 18.6 Å². The highest BCUT2D eigenvalue weighted by Crippen LogP contribution is 2.43. The van der Waals surface area contributed by atoms with Crippen molar-refractivity contribution in [1.29, 1.82) is 0 Å². The van der Waals surface area contributed by atoms with Crippen LogP contribution in [0.2, 0.25) is 0 Å². The molecule has 10 heteroatoms. The zero-order chi connectivity index (χ0) is 68.3. The third-order valence-corrected chi connectivity index (χ3v) is 17.6. The summed E-state index contributed by atoms with van der Waals surface area (Å²) < 4.78 is 34.8. The molecule has 9 nitrogen and oxygen atoms in total. The number of carbonyl (C=O) groups is 2. The molecule has 0 bridgehead atoms. The fraction of sp³-hybridized carbons (Fsp3) is 0.714. The van der Waals surface area contributed by atoms with Gasteiger partial charge in [0.1, 0.15) is 19.8 Å². The number of rotatable bonds is 71. The summed E-state index contributed by atoms with van der Waals surface area (Å²) in [5.41, 5.74) is 0. The van der Waals surface area contributed by atoms with Crippen LogP contribution in [0.5, 0.6) is 0 Å². The number of phosphoric ester groups is 1. The third-order valence-electron chi connectivity index (χ3n) is 16.7. The van der Waals surface area contributed by atoms with Crippen LogP contribution < -0.4 is 0 Å². The molecule has 94 heavy (non-hydrogen) atoms. The minimum atomic E-state index is -4.41. The lowest BCUT2D eigenvalue weighted by atomic mass is 10.0. The standard InChI is InChI=1S/C84H146NO8P/c1-6-8-10-12-14-16-18-20-22-24-26-28-30-32-34-36-38-39-40-41-42-43-44-45-47-48-50-52-54-56-58-60-62-64-66-68-70-72-74-76-83(86)90-80-82(81-92-94(88,89)91-79-78-85(3,4)5)93-84(87)77-75-73-71-69-67-65-63-61-59-57-55-53-51-49-46-37-35-33-31-29-27-25-23-21-19-17-15-13-11-9-7-2/h9,11,15,17-18,20-21,23-24,26-27,29-30,32-33,35,46,49,53,55,59,61,82H,6-8,10,12-14,16,19,22,25,28,31,34,36-45,47-48,50-52,54,56-58,60,62-81H2,1-5H3/p+1/b11-9-,17-15-,20-18-,23-21-,26-24-,29-27-,32-30-,35-33-,49-46-,55-53-,61-59-. The van der Waals surface area contributed by atoms with Gasteiger partial charge < -0.3 is 18.9 Å². The van der Waals surface area contributed by atoms with Gasteiger partial charge in [-0.05, 0) is 116 Å². The first-order valence-electron chi connectivity index (χ1n) is 38.9. The van der Waals surface area contributed by atoms with Crippen LogP contribution in [-0.2, 0) is 32.7 Å². The van der Waals surface area contributed by atoms with Gasteiger partial charge in [0.2, 0.25) is 0 Å². The number of quaternary nitrogens is 1. The van der Waals surface area contributed by atoms with E-state index in [2.05, 4.69) is 148 Å². The van der Waals surface area contributed by atoms with Crippen molar-refractivity contribution in [2.75, 3.05) is 47.5 Å². The molecule has 0 aromatic carbocycles. The van der Waals surface area contributed by atoms with Crippen LogP contribution in [0.15, 0.2) is 134 Å². The summed E-state index contributed by atoms with van der Waals surface area (Å²) in [5, 5.41) is 0. The van der Waals surface area contributed by atoms with Crippen LogP contribution in [0.1, 0.15) is 335 Å². The molecule has 0 aliphatic rings. The van der Waals surface area contributed by atoms with Crippen molar-refractivity contribution in [2.24, 2.45) is 0 Å². The number of allylic oxidation sites excluding steroid dienone is 22. The van der Waals surface area contributed by atoms with Gasteiger partial charge >= 0.3 is 19.8 Å². The quantitative estimate of drug-likeness (QED) is 0.0211. The number of esters is 2. The molecule has 0 aromatic rings. The van der Waals surface area contributed by atoms with Gasteiger partial charge in [-0.2, -0.15) is 0 Å². The van der Waals surface area contributed by atoms with Gasteiger partial charge in [0.15, 0.2) is 6.10 Å². The summed E-state index contributed by atoms with van der Waals surface area (Å²) >= 11 is 0. The number of ether oxygens (including phenoxy) is 2. The molecule has 2 atom stereocenters. The van der Waals surface area contributed by atoms with Crippen LogP contribution in [0, 0.1) is 0 Å². The molecule has 0 amide bonds. The summed E-state index contributed by atoms with van der Waals surface area (Å²) in [5.74, 6) is -0.810. The second-order valence-corrected chi connectivity index (χ2v) is 28.5. The lowest BCUT2D eigenvalue weighted by Crippen LogP contribution is -2.37. The van der Waals surface area contributed by atoms with Gasteiger partial charge in [-0.1, -0.05) is 340 Å². The Hall–Kier alpha value is -3.85. The van der Waals surface area contributed by atoms with Crippen molar-refractivity contribution in [3.63, 3.8) is 0 Å². The maximum absolute atomic E-state index is 12.9. The average molecular weight is 1330 g/mol. The molecular weight excluding hydrogens is 1180 g/mol. The van der Waals surface area contributed by atoms with E-state index < -0.39 is 26.5 Å². The molecule has 0 radical (unpaired) electrons. The summed E-state index contributed by atoms with van der Waals surface area (Å²) in [7, 11) is 1.46. The Kier molecular flexibility index (Phi) is 70.4. The SMILES string of the molecule is CC/C=C\C/C=C\C/C=C\C/C=C\C/C=C\C/C=C\C/C=C\C/C=C\CCCCCCCCC(=O)OC(COC(=O)CCCCCCCCCCCCCCCCCCCCCCCCCC/C=C\C/C=C\C/C=C\CCCCCCC)COP(=O)(O)OCC[N+](C)(C)C. The van der Waals surface area contributed by atoms with E-state index in [1.165, 1.54) is 180 Å². The highest BCUT2D eigenvalue weighted by Gasteiger charge is 2.27. The fourth-order valence-corrected chi connectivity index (χ4v) is 11.5. The highest BCUT2D eigenvalue weighted by atomic mass is 31.2. The van der Waals surface area contributed by atoms with Crippen molar-refractivity contribution < 1.29 is 42.1 Å². The molecule has 0 fully saturated rings. The van der Waals surface area contributed by atoms with Crippen LogP contribution in [0.25, 0.3) is 0 Å². The molecule has 0 aliphatic heterocycles. The number of likely N-dealkylation sites (N-methyl/N-ethyl adjacent to an activating group) is 1. The third kappa shape index (κ3) is 77.2. The zero-order valence-corrected chi connectivity index (χ0v) is 62.6. The molecule has 1 N–H and O–H groups in total. The Labute approximate surface area is 581 Å². The van der Waals surface area contributed by atoms with Crippen LogP contribution in [0.4, 0.5) is 0 Å². The predicted molar refractivity (Wildman–Crippen MR) is 408 cm³/mol. The maximum Gasteiger partial charge on any atom is 0.472 e. The number of unbranched alkanes of at least 4 members (excludes halogenated alkanes) is 35. The van der Waals surface area contributed by atoms with E-state index in [1.807, 2.05) is 21.1 Å². The number of carbonyl (C=O) groups excluding carboxylic acids is 2. The first kappa shape index (κ1) is 90.2. The summed E-state index contributed by atoms with van der Waals surface area (Å²) in [4.78, 5) is 36.0. The average Bonchev–Trinajstić information content (AvgIpc) is 1.66. The van der Waals surface area contributed by atoms with Gasteiger partial charge in [0.25, 0.3) is 0 Å². The van der Waals surface area contributed by atoms with E-state index in [1.54, 1.807) is 0 Å². The Bertz CT molecular complexity index is 2050. The van der Waals surface area contributed by atoms with Crippen molar-refractivity contribution >= 4 is 19.8 Å². The molecule has 0 saturated heterocycles. The second kappa shape index (κ2) is 73.4. The lowest BCUT2D eigenvalue weighted by Gasteiger charge is -2.24. The molecule has 0 saturated carbocycles. The number of hydrogen-bond donors (Lipinski definition) is 1. The smallest absolute Gasteiger partial charge is 0.462 e. The van der Waals surface area contributed by atoms with Crippen LogP contribution >= 0.6 is 7.82 Å². The van der Waals surface area contributed by atoms with Crippen molar-refractivity contribution in [2.45, 2.75) is 341 Å². The number of nitrogens with zero attached hydrogens (tertiary/aromatic N) is 1. The Balaban J connectivity index is 4.01. The molecule has 2 unspecified atom stereocenters. The van der Waals surface area contributed by atoms with Gasteiger partial charge in [0.05, 0.1) is 27.7 Å². The summed E-state index contributed by atoms with van der Waals surface area (Å²) in [6, 6.07) is 0. The molecule has 0 heterocycles. The van der Waals surface area contributed by atoms with E-state index in [-0.39, 0.29) is 32.0 Å². The minimum Gasteiger partial charge on any atom is -0.462 e. The van der Waals surface area contributed by atoms with Gasteiger partial charge in [0, 0.05) is 12.8 Å². The van der Waals surface area contributed by atoms with Crippen molar-refractivity contribution in [1.82, 2.24) is 0 Å². The molecule has 0 spiro atoms. The number of hydrogen-bond acceptors (Lipinski definition) is 7. The Morgan fingerprint density at radius 2 is 0.606 bits per heavy atom. The second-order valence-electron chi connectivity index (χ2n) is 27.0. The van der Waals surface area contributed by atoms with E-state index in [0.29, 0.717) is 17.4 Å². The van der Waals surface area contributed by atoms with E-state index in [0.717, 1.165) is 122 Å². The molecular formula is C84H147NO8P+.